The number of aliphatic hydroxyl groups excluding tert-OH is 1. The van der Waals surface area contributed by atoms with Gasteiger partial charge in [0.05, 0.1) is 18.7 Å². The Morgan fingerprint density at radius 3 is 2.77 bits per heavy atom. The van der Waals surface area contributed by atoms with Crippen molar-refractivity contribution in [2.24, 2.45) is 0 Å². The van der Waals surface area contributed by atoms with Crippen molar-refractivity contribution in [3.8, 4) is 5.75 Å². The highest BCUT2D eigenvalue weighted by Crippen LogP contribution is 2.34. The minimum absolute atomic E-state index is 0.0454. The van der Waals surface area contributed by atoms with Crippen LogP contribution in [-0.4, -0.2) is 61.3 Å². The van der Waals surface area contributed by atoms with Gasteiger partial charge in [-0.25, -0.2) is 0 Å². The van der Waals surface area contributed by atoms with Crippen LogP contribution in [0.1, 0.15) is 43.5 Å². The van der Waals surface area contributed by atoms with Gasteiger partial charge in [0.2, 0.25) is 0 Å². The van der Waals surface area contributed by atoms with E-state index in [0.717, 1.165) is 23.8 Å². The van der Waals surface area contributed by atoms with Gasteiger partial charge in [0.1, 0.15) is 11.6 Å². The lowest BCUT2D eigenvalue weighted by Gasteiger charge is -2.31. The van der Waals surface area contributed by atoms with E-state index >= 15 is 0 Å². The normalized spacial score (nSPS) is 23.2. The van der Waals surface area contributed by atoms with E-state index in [1.807, 2.05) is 0 Å². The van der Waals surface area contributed by atoms with Gasteiger partial charge in [0, 0.05) is 32.2 Å². The van der Waals surface area contributed by atoms with Crippen LogP contribution in [0, 0.1) is 0 Å². The van der Waals surface area contributed by atoms with Crippen molar-refractivity contribution in [3.05, 3.63) is 41.5 Å². The Hall–Kier alpha value is -2.17. The monoisotopic (exact) mass is 425 g/mol. The maximum atomic E-state index is 12.5. The number of β-amino-alcohol motifs (C(OH)–C–C–N with tert-alkyl or cyclic N) is 1. The van der Waals surface area contributed by atoms with Gasteiger partial charge in [-0.1, -0.05) is 12.1 Å². The number of likely N-dealkylation sites (tertiary alicyclic amines) is 1. The first-order valence-corrected chi connectivity index (χ1v) is 10.1. The first-order chi connectivity index (χ1) is 14.2. The SMILES string of the molecule is CC(C)N1C[C@@H](O)C[C@H]1c1nnc2n1CCN(Cc1cccc(OC(F)(F)F)c1)C2. The van der Waals surface area contributed by atoms with Crippen LogP contribution in [0.5, 0.6) is 5.75 Å². The molecule has 0 unspecified atom stereocenters. The van der Waals surface area contributed by atoms with Crippen molar-refractivity contribution in [3.63, 3.8) is 0 Å². The molecule has 164 valence electrons. The molecule has 1 aromatic heterocycles. The molecule has 2 aliphatic rings. The molecule has 30 heavy (non-hydrogen) atoms. The van der Waals surface area contributed by atoms with E-state index in [1.54, 1.807) is 12.1 Å². The van der Waals surface area contributed by atoms with E-state index < -0.39 is 6.36 Å². The maximum Gasteiger partial charge on any atom is 0.573 e. The highest BCUT2D eigenvalue weighted by Gasteiger charge is 2.38. The molecule has 0 spiro atoms. The third kappa shape index (κ3) is 4.60. The molecular weight excluding hydrogens is 399 g/mol. The molecular formula is C20H26F3N5O2. The number of ether oxygens (including phenoxy) is 1. The molecule has 10 heteroatoms. The van der Waals surface area contributed by atoms with Crippen LogP contribution in [0.25, 0.3) is 0 Å². The summed E-state index contributed by atoms with van der Waals surface area (Å²) in [6.45, 7) is 7.35. The van der Waals surface area contributed by atoms with Gasteiger partial charge in [-0.05, 0) is 38.0 Å². The van der Waals surface area contributed by atoms with E-state index in [1.165, 1.54) is 12.1 Å². The van der Waals surface area contributed by atoms with Crippen LogP contribution in [-0.2, 0) is 19.6 Å². The second-order valence-electron chi connectivity index (χ2n) is 8.23. The topological polar surface area (TPSA) is 66.7 Å². The smallest absolute Gasteiger partial charge is 0.406 e. The van der Waals surface area contributed by atoms with Gasteiger partial charge >= 0.3 is 6.36 Å². The second kappa shape index (κ2) is 8.16. The standard InChI is InChI=1S/C20H26F3N5O2/c1-13(2)28-11-15(29)9-17(28)19-25-24-18-12-26(6-7-27(18)19)10-14-4-3-5-16(8-14)30-20(21,22)23/h3-5,8,13,15,17,29H,6-7,9-12H2,1-2H3/t15-,17-/m0/s1. The number of aromatic nitrogens is 3. The lowest BCUT2D eigenvalue weighted by Crippen LogP contribution is -2.36. The van der Waals surface area contributed by atoms with Crippen molar-refractivity contribution < 1.29 is 23.0 Å². The first-order valence-electron chi connectivity index (χ1n) is 10.1. The van der Waals surface area contributed by atoms with Gasteiger partial charge < -0.3 is 14.4 Å². The second-order valence-corrected chi connectivity index (χ2v) is 8.23. The summed E-state index contributed by atoms with van der Waals surface area (Å²) in [7, 11) is 0. The van der Waals surface area contributed by atoms with Crippen LogP contribution >= 0.6 is 0 Å². The Bertz CT molecular complexity index is 886. The first kappa shape index (κ1) is 21.1. The van der Waals surface area contributed by atoms with Crippen LogP contribution in [0.2, 0.25) is 0 Å². The van der Waals surface area contributed by atoms with Crippen LogP contribution in [0.15, 0.2) is 24.3 Å². The zero-order chi connectivity index (χ0) is 21.5. The molecule has 1 N–H and O–H groups in total. The number of aliphatic hydroxyl groups is 1. The summed E-state index contributed by atoms with van der Waals surface area (Å²) >= 11 is 0. The summed E-state index contributed by atoms with van der Waals surface area (Å²) in [5.74, 6) is 1.51. The van der Waals surface area contributed by atoms with Gasteiger partial charge in [0.15, 0.2) is 5.82 Å². The summed E-state index contributed by atoms with van der Waals surface area (Å²) < 4.78 is 43.5. The quantitative estimate of drug-likeness (QED) is 0.795. The minimum atomic E-state index is -4.70. The third-order valence-corrected chi connectivity index (χ3v) is 5.68. The Kier molecular flexibility index (Phi) is 5.73. The molecule has 2 aliphatic heterocycles. The fourth-order valence-corrected chi connectivity index (χ4v) is 4.37. The molecule has 2 atom stereocenters. The number of hydrogen-bond acceptors (Lipinski definition) is 6. The summed E-state index contributed by atoms with van der Waals surface area (Å²) in [6.07, 6.45) is -4.42. The molecule has 7 nitrogen and oxygen atoms in total. The Morgan fingerprint density at radius 2 is 2.03 bits per heavy atom. The zero-order valence-corrected chi connectivity index (χ0v) is 17.0. The van der Waals surface area contributed by atoms with Crippen LogP contribution in [0.3, 0.4) is 0 Å². The summed E-state index contributed by atoms with van der Waals surface area (Å²) in [5.41, 5.74) is 0.745. The lowest BCUT2D eigenvalue weighted by molar-refractivity contribution is -0.274. The van der Waals surface area contributed by atoms with Gasteiger partial charge in [-0.2, -0.15) is 0 Å². The number of nitrogens with zero attached hydrogens (tertiary/aromatic N) is 5. The number of hydrogen-bond donors (Lipinski definition) is 1. The van der Waals surface area contributed by atoms with Gasteiger partial charge in [-0.15, -0.1) is 23.4 Å². The van der Waals surface area contributed by atoms with Crippen molar-refractivity contribution >= 4 is 0 Å². The highest BCUT2D eigenvalue weighted by molar-refractivity contribution is 5.28. The minimum Gasteiger partial charge on any atom is -0.406 e. The number of benzene rings is 1. The molecule has 0 bridgehead atoms. The molecule has 0 amide bonds. The van der Waals surface area contributed by atoms with Crippen molar-refractivity contribution in [2.75, 3.05) is 13.1 Å². The van der Waals surface area contributed by atoms with Crippen molar-refractivity contribution in [2.45, 2.75) is 64.5 Å². The molecule has 1 aromatic carbocycles. The summed E-state index contributed by atoms with van der Waals surface area (Å²) in [5, 5.41) is 18.9. The Morgan fingerprint density at radius 1 is 1.23 bits per heavy atom. The van der Waals surface area contributed by atoms with Gasteiger partial charge in [0.25, 0.3) is 0 Å². The zero-order valence-electron chi connectivity index (χ0n) is 17.0. The van der Waals surface area contributed by atoms with E-state index in [-0.39, 0.29) is 17.9 Å². The molecule has 0 radical (unpaired) electrons. The lowest BCUT2D eigenvalue weighted by atomic mass is 10.1. The molecule has 2 aromatic rings. The predicted octanol–water partition coefficient (Wildman–Crippen LogP) is 2.71. The largest absolute Gasteiger partial charge is 0.573 e. The molecule has 3 heterocycles. The average molecular weight is 425 g/mol. The maximum absolute atomic E-state index is 12.5. The molecule has 4 rings (SSSR count). The summed E-state index contributed by atoms with van der Waals surface area (Å²) in [6, 6.07) is 6.41. The van der Waals surface area contributed by atoms with E-state index in [9.17, 15) is 18.3 Å². The number of halogens is 3. The third-order valence-electron chi connectivity index (χ3n) is 5.68. The number of fused-ring (bicyclic) bond motifs is 1. The van der Waals surface area contributed by atoms with Crippen molar-refractivity contribution in [1.82, 2.24) is 24.6 Å². The molecule has 1 saturated heterocycles. The predicted molar refractivity (Wildman–Crippen MR) is 102 cm³/mol. The fraction of sp³-hybridized carbons (Fsp3) is 0.600. The van der Waals surface area contributed by atoms with Gasteiger partial charge in [-0.3, -0.25) is 9.80 Å². The Labute approximate surface area is 173 Å². The summed E-state index contributed by atoms with van der Waals surface area (Å²) in [4.78, 5) is 4.38. The van der Waals surface area contributed by atoms with E-state index in [0.29, 0.717) is 38.6 Å². The average Bonchev–Trinajstić information content (AvgIpc) is 3.23. The van der Waals surface area contributed by atoms with E-state index in [4.69, 9.17) is 0 Å². The Balaban J connectivity index is 1.45. The van der Waals surface area contributed by atoms with E-state index in [2.05, 4.69) is 43.1 Å². The molecule has 1 fully saturated rings. The van der Waals surface area contributed by atoms with Crippen LogP contribution in [0.4, 0.5) is 13.2 Å². The highest BCUT2D eigenvalue weighted by atomic mass is 19.4. The molecule has 0 aliphatic carbocycles. The fourth-order valence-electron chi connectivity index (χ4n) is 4.37. The van der Waals surface area contributed by atoms with Crippen LogP contribution < -0.4 is 4.74 Å². The number of rotatable bonds is 5. The van der Waals surface area contributed by atoms with Crippen molar-refractivity contribution in [1.29, 1.82) is 0 Å². The number of alkyl halides is 3. The molecule has 0 saturated carbocycles.